The summed E-state index contributed by atoms with van der Waals surface area (Å²) in [6.07, 6.45) is 9.13. The third-order valence-electron chi connectivity index (χ3n) is 4.99. The van der Waals surface area contributed by atoms with Crippen LogP contribution in [0.1, 0.15) is 51.4 Å². The van der Waals surface area contributed by atoms with Gasteiger partial charge in [-0.2, -0.15) is 0 Å². The van der Waals surface area contributed by atoms with Gasteiger partial charge in [0.25, 0.3) is 0 Å². The summed E-state index contributed by atoms with van der Waals surface area (Å²) < 4.78 is 0. The molecule has 2 fully saturated rings. The van der Waals surface area contributed by atoms with Crippen molar-refractivity contribution in [2.75, 3.05) is 23.3 Å². The van der Waals surface area contributed by atoms with E-state index < -0.39 is 11.8 Å². The minimum absolute atomic E-state index is 0.142. The summed E-state index contributed by atoms with van der Waals surface area (Å²) in [4.78, 5) is 26.5. The molecule has 130 valence electrons. The molecule has 5 heteroatoms. The second-order valence-electron chi connectivity index (χ2n) is 6.86. The summed E-state index contributed by atoms with van der Waals surface area (Å²) in [6, 6.07) is 7.88. The van der Waals surface area contributed by atoms with Crippen LogP contribution in [0.4, 0.5) is 11.4 Å². The standard InChI is InChI=1S/C19H27N3O2/c23-18(20-15-7-3-1-2-4-8-15)19(24)21-16-9-11-17(12-10-16)22-13-5-6-14-22/h9-12,15H,1-8,13-14H2,(H,20,23)(H,21,24). The number of hydrogen-bond acceptors (Lipinski definition) is 3. The van der Waals surface area contributed by atoms with E-state index in [0.717, 1.165) is 38.8 Å². The predicted octanol–water partition coefficient (Wildman–Crippen LogP) is 3.06. The SMILES string of the molecule is O=C(Nc1ccc(N2CCCC2)cc1)C(=O)NC1CCCCCC1. The lowest BCUT2D eigenvalue weighted by Crippen LogP contribution is -2.41. The number of amides is 2. The Labute approximate surface area is 143 Å². The number of nitrogens with zero attached hydrogens (tertiary/aromatic N) is 1. The molecule has 0 atom stereocenters. The molecule has 0 bridgehead atoms. The molecule has 1 aliphatic carbocycles. The average molecular weight is 329 g/mol. The first kappa shape index (κ1) is 16.8. The molecule has 2 amide bonds. The van der Waals surface area contributed by atoms with Gasteiger partial charge in [0.1, 0.15) is 0 Å². The fourth-order valence-corrected chi connectivity index (χ4v) is 3.59. The zero-order valence-corrected chi connectivity index (χ0v) is 14.2. The van der Waals surface area contributed by atoms with Crippen LogP contribution in [0.3, 0.4) is 0 Å². The first-order valence-corrected chi connectivity index (χ1v) is 9.19. The van der Waals surface area contributed by atoms with Gasteiger partial charge in [-0.05, 0) is 49.9 Å². The molecule has 1 aromatic carbocycles. The van der Waals surface area contributed by atoms with Gasteiger partial charge in [0.05, 0.1) is 0 Å². The van der Waals surface area contributed by atoms with E-state index >= 15 is 0 Å². The fourth-order valence-electron chi connectivity index (χ4n) is 3.59. The molecule has 0 aromatic heterocycles. The molecular formula is C19H27N3O2. The summed E-state index contributed by atoms with van der Waals surface area (Å²) in [5.74, 6) is -1.10. The van der Waals surface area contributed by atoms with Crippen LogP contribution in [0.5, 0.6) is 0 Å². The Morgan fingerprint density at radius 1 is 0.833 bits per heavy atom. The summed E-state index contributed by atoms with van der Waals surface area (Å²) in [6.45, 7) is 2.19. The lowest BCUT2D eigenvalue weighted by Gasteiger charge is -2.18. The molecule has 3 rings (SSSR count). The van der Waals surface area contributed by atoms with Crippen molar-refractivity contribution in [3.63, 3.8) is 0 Å². The van der Waals surface area contributed by atoms with Crippen LogP contribution in [-0.4, -0.2) is 30.9 Å². The van der Waals surface area contributed by atoms with Crippen molar-refractivity contribution < 1.29 is 9.59 Å². The normalized spacial score (nSPS) is 18.9. The Balaban J connectivity index is 1.50. The van der Waals surface area contributed by atoms with Gasteiger partial charge in [0, 0.05) is 30.5 Å². The van der Waals surface area contributed by atoms with E-state index in [1.165, 1.54) is 31.4 Å². The van der Waals surface area contributed by atoms with Crippen molar-refractivity contribution in [2.24, 2.45) is 0 Å². The summed E-state index contributed by atoms with van der Waals surface area (Å²) in [7, 11) is 0. The Morgan fingerprint density at radius 3 is 2.08 bits per heavy atom. The van der Waals surface area contributed by atoms with E-state index in [4.69, 9.17) is 0 Å². The van der Waals surface area contributed by atoms with Crippen molar-refractivity contribution in [3.05, 3.63) is 24.3 Å². The molecule has 2 N–H and O–H groups in total. The Kier molecular flexibility index (Phi) is 5.72. The van der Waals surface area contributed by atoms with Gasteiger partial charge in [0.15, 0.2) is 0 Å². The highest BCUT2D eigenvalue weighted by Gasteiger charge is 2.20. The number of carbonyl (C=O) groups excluding carboxylic acids is 2. The van der Waals surface area contributed by atoms with Gasteiger partial charge >= 0.3 is 11.8 Å². The molecular weight excluding hydrogens is 302 g/mol. The molecule has 1 saturated heterocycles. The van der Waals surface area contributed by atoms with Crippen molar-refractivity contribution in [1.29, 1.82) is 0 Å². The molecule has 0 unspecified atom stereocenters. The third kappa shape index (κ3) is 4.49. The predicted molar refractivity (Wildman–Crippen MR) is 96.2 cm³/mol. The number of hydrogen-bond donors (Lipinski definition) is 2. The largest absolute Gasteiger partial charge is 0.372 e. The number of benzene rings is 1. The molecule has 1 heterocycles. The molecule has 2 aliphatic rings. The lowest BCUT2D eigenvalue weighted by molar-refractivity contribution is -0.136. The zero-order valence-electron chi connectivity index (χ0n) is 14.2. The van der Waals surface area contributed by atoms with Crippen LogP contribution in [0.25, 0.3) is 0 Å². The number of anilines is 2. The van der Waals surface area contributed by atoms with Gasteiger partial charge in [-0.25, -0.2) is 0 Å². The quantitative estimate of drug-likeness (QED) is 0.662. The zero-order chi connectivity index (χ0) is 16.8. The Bertz CT molecular complexity index is 556. The molecule has 1 saturated carbocycles. The van der Waals surface area contributed by atoms with E-state index in [1.807, 2.05) is 24.3 Å². The van der Waals surface area contributed by atoms with Gasteiger partial charge < -0.3 is 15.5 Å². The Morgan fingerprint density at radius 2 is 1.46 bits per heavy atom. The molecule has 1 aromatic rings. The van der Waals surface area contributed by atoms with Crippen molar-refractivity contribution in [3.8, 4) is 0 Å². The van der Waals surface area contributed by atoms with Gasteiger partial charge in [-0.15, -0.1) is 0 Å². The maximum atomic E-state index is 12.1. The van der Waals surface area contributed by atoms with Crippen molar-refractivity contribution in [2.45, 2.75) is 57.4 Å². The van der Waals surface area contributed by atoms with E-state index in [-0.39, 0.29) is 6.04 Å². The maximum absolute atomic E-state index is 12.1. The van der Waals surface area contributed by atoms with Crippen LogP contribution >= 0.6 is 0 Å². The molecule has 1 aliphatic heterocycles. The fraction of sp³-hybridized carbons (Fsp3) is 0.579. The second kappa shape index (κ2) is 8.18. The van der Waals surface area contributed by atoms with Crippen LogP contribution in [0, 0.1) is 0 Å². The molecule has 0 spiro atoms. The van der Waals surface area contributed by atoms with Crippen molar-refractivity contribution in [1.82, 2.24) is 5.32 Å². The highest BCUT2D eigenvalue weighted by atomic mass is 16.2. The number of rotatable bonds is 3. The topological polar surface area (TPSA) is 61.4 Å². The molecule has 5 nitrogen and oxygen atoms in total. The first-order valence-electron chi connectivity index (χ1n) is 9.19. The third-order valence-corrected chi connectivity index (χ3v) is 4.99. The summed E-state index contributed by atoms with van der Waals surface area (Å²) in [5, 5.41) is 5.57. The monoisotopic (exact) mass is 329 g/mol. The van der Waals surface area contributed by atoms with Crippen LogP contribution in [-0.2, 0) is 9.59 Å². The van der Waals surface area contributed by atoms with Crippen molar-refractivity contribution >= 4 is 23.2 Å². The summed E-state index contributed by atoms with van der Waals surface area (Å²) in [5.41, 5.74) is 1.84. The van der Waals surface area contributed by atoms with E-state index in [2.05, 4.69) is 15.5 Å². The van der Waals surface area contributed by atoms with Gasteiger partial charge in [-0.1, -0.05) is 25.7 Å². The van der Waals surface area contributed by atoms with Crippen LogP contribution in [0.15, 0.2) is 24.3 Å². The first-order chi connectivity index (χ1) is 11.7. The lowest BCUT2D eigenvalue weighted by atomic mass is 10.1. The molecule has 0 radical (unpaired) electrons. The van der Waals surface area contributed by atoms with E-state index in [1.54, 1.807) is 0 Å². The minimum atomic E-state index is -0.576. The average Bonchev–Trinajstić information content (AvgIpc) is 3.01. The molecule has 24 heavy (non-hydrogen) atoms. The van der Waals surface area contributed by atoms with Crippen LogP contribution in [0.2, 0.25) is 0 Å². The number of carbonyl (C=O) groups is 2. The minimum Gasteiger partial charge on any atom is -0.372 e. The highest BCUT2D eigenvalue weighted by Crippen LogP contribution is 2.22. The Hall–Kier alpha value is -2.04. The van der Waals surface area contributed by atoms with E-state index in [0.29, 0.717) is 5.69 Å². The highest BCUT2D eigenvalue weighted by molar-refractivity contribution is 6.39. The summed E-state index contributed by atoms with van der Waals surface area (Å²) >= 11 is 0. The van der Waals surface area contributed by atoms with Gasteiger partial charge in [0.2, 0.25) is 0 Å². The number of nitrogens with one attached hydrogen (secondary N) is 2. The van der Waals surface area contributed by atoms with E-state index in [9.17, 15) is 9.59 Å². The van der Waals surface area contributed by atoms with Crippen LogP contribution < -0.4 is 15.5 Å². The second-order valence-corrected chi connectivity index (χ2v) is 6.86. The van der Waals surface area contributed by atoms with Gasteiger partial charge in [-0.3, -0.25) is 9.59 Å². The smallest absolute Gasteiger partial charge is 0.313 e. The maximum Gasteiger partial charge on any atom is 0.313 e.